The number of nitrogens with two attached hydrogens (primary N) is 1. The van der Waals surface area contributed by atoms with Crippen molar-refractivity contribution in [2.24, 2.45) is 0 Å². The summed E-state index contributed by atoms with van der Waals surface area (Å²) >= 11 is 6.34. The minimum absolute atomic E-state index is 0.0172. The van der Waals surface area contributed by atoms with E-state index in [1.807, 2.05) is 0 Å². The number of aryl methyl sites for hydroxylation is 1. The van der Waals surface area contributed by atoms with Crippen LogP contribution < -0.4 is 11.1 Å². The minimum Gasteiger partial charge on any atom is -0.382 e. The second kappa shape index (κ2) is 9.14. The molecule has 3 heterocycles. The first-order chi connectivity index (χ1) is 17.1. The first-order valence-electron chi connectivity index (χ1n) is 11.1. The molecule has 1 aromatic carbocycles. The van der Waals surface area contributed by atoms with Crippen LogP contribution in [0.5, 0.6) is 0 Å². The summed E-state index contributed by atoms with van der Waals surface area (Å²) in [5.74, 6) is -1.85. The van der Waals surface area contributed by atoms with Gasteiger partial charge in [0, 0.05) is 12.1 Å². The van der Waals surface area contributed by atoms with E-state index in [0.29, 0.717) is 5.56 Å². The molecule has 198 valence electrons. The van der Waals surface area contributed by atoms with Gasteiger partial charge in [-0.1, -0.05) is 11.6 Å². The summed E-state index contributed by atoms with van der Waals surface area (Å²) in [5, 5.41) is 16.3. The Balaban J connectivity index is 1.70. The molecule has 2 aromatic heterocycles. The number of fused-ring (bicyclic) bond motifs is 1. The summed E-state index contributed by atoms with van der Waals surface area (Å²) in [6, 6.07) is 2.51. The lowest BCUT2D eigenvalue weighted by atomic mass is 10.0. The summed E-state index contributed by atoms with van der Waals surface area (Å²) in [4.78, 5) is 30.2. The Morgan fingerprint density at radius 1 is 1.22 bits per heavy atom. The Hall–Kier alpha value is -3.45. The number of hydrogen-bond acceptors (Lipinski definition) is 6. The number of carbonyl (C=O) groups is 2. The topological polar surface area (TPSA) is 126 Å². The largest absolute Gasteiger partial charge is 0.418 e. The molecule has 0 saturated carbocycles. The van der Waals surface area contributed by atoms with Crippen LogP contribution in [0.1, 0.15) is 35.3 Å². The van der Waals surface area contributed by atoms with Crippen molar-refractivity contribution in [2.45, 2.75) is 44.8 Å². The molecule has 1 aliphatic heterocycles. The monoisotopic (exact) mass is 542 g/mol. The first-order valence-corrected chi connectivity index (χ1v) is 11.4. The lowest BCUT2D eigenvalue weighted by Gasteiger charge is -2.24. The number of aliphatic hydroxyl groups is 1. The lowest BCUT2D eigenvalue weighted by molar-refractivity contribution is -0.146. The van der Waals surface area contributed by atoms with Crippen molar-refractivity contribution in [2.75, 3.05) is 18.8 Å². The molecule has 14 heteroatoms. The fraction of sp³-hybridized carbons (Fsp3) is 0.391. The summed E-state index contributed by atoms with van der Waals surface area (Å²) in [5.41, 5.74) is 2.92. The highest BCUT2D eigenvalue weighted by atomic mass is 35.5. The fourth-order valence-electron chi connectivity index (χ4n) is 4.27. The van der Waals surface area contributed by atoms with Crippen LogP contribution in [0.4, 0.5) is 23.4 Å². The molecular formula is C23H23ClF4N6O3. The van der Waals surface area contributed by atoms with E-state index in [4.69, 9.17) is 17.3 Å². The van der Waals surface area contributed by atoms with Gasteiger partial charge in [-0.2, -0.15) is 18.3 Å². The number of aromatic nitrogens is 3. The van der Waals surface area contributed by atoms with Crippen LogP contribution in [0.15, 0.2) is 24.5 Å². The third-order valence-electron chi connectivity index (χ3n) is 6.06. The van der Waals surface area contributed by atoms with Crippen molar-refractivity contribution in [3.05, 3.63) is 46.2 Å². The molecule has 0 spiro atoms. The number of hydrogen-bond donors (Lipinski definition) is 3. The standard InChI is InChI=1S/C23H23ClF4N6O3/c1-10-4-11(16-6-13(23(26,27)28)18-19(29)30-9-31-34(16)18)5-12(17(10)24)20(35)32-15-8-33(7-14(15)25)21(36)22(2,3)37/h4-6,9,14-15,37H,7-8H2,1-3H3,(H,32,35)(H2,29,30,31)/t14-,15+/m0/s1. The van der Waals surface area contributed by atoms with E-state index >= 15 is 0 Å². The average Bonchev–Trinajstić information content (AvgIpc) is 3.36. The van der Waals surface area contributed by atoms with E-state index in [1.54, 1.807) is 6.92 Å². The van der Waals surface area contributed by atoms with Crippen molar-refractivity contribution in [1.29, 1.82) is 0 Å². The maximum atomic E-state index is 14.7. The highest BCUT2D eigenvalue weighted by molar-refractivity contribution is 6.34. The quantitative estimate of drug-likeness (QED) is 0.435. The maximum absolute atomic E-state index is 14.7. The number of benzene rings is 1. The van der Waals surface area contributed by atoms with Crippen LogP contribution in [-0.4, -0.2) is 67.3 Å². The Morgan fingerprint density at radius 2 is 1.89 bits per heavy atom. The molecule has 1 fully saturated rings. The van der Waals surface area contributed by atoms with Gasteiger partial charge < -0.3 is 21.1 Å². The highest BCUT2D eigenvalue weighted by Gasteiger charge is 2.41. The molecule has 0 radical (unpaired) electrons. The minimum atomic E-state index is -4.75. The van der Waals surface area contributed by atoms with Crippen molar-refractivity contribution in [3.63, 3.8) is 0 Å². The SMILES string of the molecule is Cc1cc(-c2cc(C(F)(F)F)c3c(N)ncnn23)cc(C(=O)N[C@@H]2CN(C(=O)C(C)(C)O)C[C@@H]2F)c1Cl. The van der Waals surface area contributed by atoms with Gasteiger partial charge in [0.2, 0.25) is 0 Å². The molecule has 2 atom stereocenters. The second-order valence-electron chi connectivity index (χ2n) is 9.37. The Morgan fingerprint density at radius 3 is 2.51 bits per heavy atom. The first kappa shape index (κ1) is 26.6. The predicted molar refractivity (Wildman–Crippen MR) is 127 cm³/mol. The fourth-order valence-corrected chi connectivity index (χ4v) is 4.47. The number of amides is 2. The summed E-state index contributed by atoms with van der Waals surface area (Å²) in [6.45, 7) is 3.61. The molecule has 1 saturated heterocycles. The number of nitrogen functional groups attached to an aromatic ring is 1. The van der Waals surface area contributed by atoms with Crippen LogP contribution in [0.2, 0.25) is 5.02 Å². The smallest absolute Gasteiger partial charge is 0.382 e. The molecule has 37 heavy (non-hydrogen) atoms. The zero-order chi connectivity index (χ0) is 27.4. The van der Waals surface area contributed by atoms with Crippen molar-refractivity contribution in [1.82, 2.24) is 24.8 Å². The molecule has 0 aliphatic carbocycles. The van der Waals surface area contributed by atoms with E-state index in [-0.39, 0.29) is 40.8 Å². The van der Waals surface area contributed by atoms with Gasteiger partial charge in [-0.05, 0) is 44.5 Å². The van der Waals surface area contributed by atoms with E-state index in [2.05, 4.69) is 15.4 Å². The van der Waals surface area contributed by atoms with Gasteiger partial charge in [-0.3, -0.25) is 9.59 Å². The number of rotatable bonds is 4. The second-order valence-corrected chi connectivity index (χ2v) is 9.74. The number of likely N-dealkylation sites (tertiary alicyclic amines) is 1. The normalized spacial score (nSPS) is 18.5. The number of alkyl halides is 4. The molecule has 4 rings (SSSR count). The van der Waals surface area contributed by atoms with Gasteiger partial charge in [0.05, 0.1) is 34.4 Å². The van der Waals surface area contributed by atoms with Crippen molar-refractivity contribution in [3.8, 4) is 11.3 Å². The Labute approximate surface area is 213 Å². The summed E-state index contributed by atoms with van der Waals surface area (Å²) in [6.07, 6.45) is -5.36. The average molecular weight is 543 g/mol. The van der Waals surface area contributed by atoms with Gasteiger partial charge in [-0.15, -0.1) is 0 Å². The Kier molecular flexibility index (Phi) is 6.57. The number of halogens is 5. The van der Waals surface area contributed by atoms with Gasteiger partial charge in [0.15, 0.2) is 5.82 Å². The molecule has 0 unspecified atom stereocenters. The Bertz CT molecular complexity index is 1400. The van der Waals surface area contributed by atoms with Crippen LogP contribution in [0.3, 0.4) is 0 Å². The number of anilines is 1. The van der Waals surface area contributed by atoms with Crippen LogP contribution in [0, 0.1) is 6.92 Å². The zero-order valence-electron chi connectivity index (χ0n) is 19.9. The highest BCUT2D eigenvalue weighted by Crippen LogP contribution is 2.39. The van der Waals surface area contributed by atoms with Crippen LogP contribution >= 0.6 is 11.6 Å². The van der Waals surface area contributed by atoms with Crippen molar-refractivity contribution >= 4 is 34.7 Å². The zero-order valence-corrected chi connectivity index (χ0v) is 20.7. The molecule has 1 aliphatic rings. The van der Waals surface area contributed by atoms with Gasteiger partial charge in [0.25, 0.3) is 11.8 Å². The number of nitrogens with zero attached hydrogens (tertiary/aromatic N) is 4. The van der Waals surface area contributed by atoms with Gasteiger partial charge in [-0.25, -0.2) is 13.9 Å². The van der Waals surface area contributed by atoms with E-state index in [1.165, 1.54) is 26.0 Å². The lowest BCUT2D eigenvalue weighted by Crippen LogP contribution is -2.46. The molecule has 4 N–H and O–H groups in total. The third kappa shape index (κ3) is 4.92. The van der Waals surface area contributed by atoms with E-state index < -0.39 is 46.9 Å². The molecular weight excluding hydrogens is 520 g/mol. The molecule has 2 amide bonds. The summed E-state index contributed by atoms with van der Waals surface area (Å²) < 4.78 is 56.8. The van der Waals surface area contributed by atoms with E-state index in [9.17, 15) is 32.3 Å². The van der Waals surface area contributed by atoms with Gasteiger partial charge >= 0.3 is 6.18 Å². The predicted octanol–water partition coefficient (Wildman–Crippen LogP) is 3.01. The molecule has 9 nitrogen and oxygen atoms in total. The maximum Gasteiger partial charge on any atom is 0.418 e. The van der Waals surface area contributed by atoms with Crippen molar-refractivity contribution < 1.29 is 32.3 Å². The molecule has 3 aromatic rings. The van der Waals surface area contributed by atoms with Gasteiger partial charge in [0.1, 0.15) is 23.6 Å². The number of carbonyl (C=O) groups excluding carboxylic acids is 2. The third-order valence-corrected chi connectivity index (χ3v) is 6.56. The molecule has 0 bridgehead atoms. The number of nitrogens with one attached hydrogen (secondary N) is 1. The summed E-state index contributed by atoms with van der Waals surface area (Å²) in [7, 11) is 0. The van der Waals surface area contributed by atoms with Crippen LogP contribution in [0.25, 0.3) is 16.8 Å². The van der Waals surface area contributed by atoms with E-state index in [0.717, 1.165) is 21.8 Å². The van der Waals surface area contributed by atoms with Crippen LogP contribution in [-0.2, 0) is 11.0 Å².